The monoisotopic (exact) mass is 535 g/mol. The molecule has 2 saturated heterocycles. The molecule has 0 N–H and O–H groups in total. The lowest BCUT2D eigenvalue weighted by Gasteiger charge is -2.50. The lowest BCUT2D eigenvalue weighted by molar-refractivity contribution is -0.0363. The van der Waals surface area contributed by atoms with Gasteiger partial charge in [-0.2, -0.15) is 0 Å². The van der Waals surface area contributed by atoms with E-state index in [-0.39, 0.29) is 43.0 Å². The first-order valence-corrected chi connectivity index (χ1v) is 13.6. The maximum Gasteiger partial charge on any atom is 0.410 e. The molecule has 9 heteroatoms. The number of hydrogen-bond donors (Lipinski definition) is 0. The Balaban J connectivity index is 1.33. The van der Waals surface area contributed by atoms with E-state index in [1.165, 1.54) is 0 Å². The summed E-state index contributed by atoms with van der Waals surface area (Å²) in [5.74, 6) is -0.307. The summed E-state index contributed by atoms with van der Waals surface area (Å²) in [5.41, 5.74) is 2.78. The molecule has 0 aliphatic carbocycles. The average molecular weight is 536 g/mol. The summed E-state index contributed by atoms with van der Waals surface area (Å²) >= 11 is 0. The highest BCUT2D eigenvalue weighted by atomic mass is 16.6. The Morgan fingerprint density at radius 2 is 1.77 bits per heavy atom. The summed E-state index contributed by atoms with van der Waals surface area (Å²) in [7, 11) is 0. The molecule has 5 rings (SSSR count). The van der Waals surface area contributed by atoms with Crippen LogP contribution in [0.25, 0.3) is 0 Å². The number of carbonyl (C=O) groups excluding carboxylic acids is 3. The van der Waals surface area contributed by atoms with Gasteiger partial charge in [0.25, 0.3) is 0 Å². The number of amides is 2. The molecule has 2 aromatic rings. The van der Waals surface area contributed by atoms with E-state index in [1.807, 2.05) is 70.2 Å². The lowest BCUT2D eigenvalue weighted by Crippen LogP contribution is -2.64. The van der Waals surface area contributed by atoms with Gasteiger partial charge in [-0.25, -0.2) is 14.4 Å². The molecule has 39 heavy (non-hydrogen) atoms. The van der Waals surface area contributed by atoms with E-state index in [1.54, 1.807) is 15.9 Å². The number of benzene rings is 2. The molecule has 0 saturated carbocycles. The fourth-order valence-corrected chi connectivity index (χ4v) is 5.55. The van der Waals surface area contributed by atoms with E-state index >= 15 is 0 Å². The van der Waals surface area contributed by atoms with Gasteiger partial charge in [0.2, 0.25) is 0 Å². The van der Waals surface area contributed by atoms with Crippen molar-refractivity contribution in [2.75, 3.05) is 32.7 Å². The predicted octanol–water partition coefficient (Wildman–Crippen LogP) is 4.40. The number of fused-ring (bicyclic) bond motifs is 2. The predicted molar refractivity (Wildman–Crippen MR) is 144 cm³/mol. The molecule has 3 heterocycles. The van der Waals surface area contributed by atoms with Crippen LogP contribution in [0.5, 0.6) is 0 Å². The average Bonchev–Trinajstić information content (AvgIpc) is 2.89. The van der Waals surface area contributed by atoms with Crippen molar-refractivity contribution < 1.29 is 28.6 Å². The molecule has 2 fully saturated rings. The Bertz CT molecular complexity index is 1230. The van der Waals surface area contributed by atoms with Gasteiger partial charge in [-0.3, -0.25) is 9.80 Å². The first-order valence-electron chi connectivity index (χ1n) is 13.6. The molecule has 0 unspecified atom stereocenters. The largest absolute Gasteiger partial charge is 0.459 e. The van der Waals surface area contributed by atoms with Crippen LogP contribution in [0.2, 0.25) is 0 Å². The van der Waals surface area contributed by atoms with Crippen LogP contribution in [0.15, 0.2) is 48.5 Å². The van der Waals surface area contributed by atoms with Crippen LogP contribution in [0.4, 0.5) is 9.59 Å². The number of cyclic esters (lactones) is 1. The minimum Gasteiger partial charge on any atom is -0.459 e. The van der Waals surface area contributed by atoms with Gasteiger partial charge in [0, 0.05) is 45.2 Å². The Morgan fingerprint density at radius 3 is 2.51 bits per heavy atom. The van der Waals surface area contributed by atoms with Gasteiger partial charge in [0.05, 0.1) is 11.6 Å². The van der Waals surface area contributed by atoms with E-state index in [9.17, 15) is 14.4 Å². The molecular weight excluding hydrogens is 498 g/mol. The Labute approximate surface area is 229 Å². The summed E-state index contributed by atoms with van der Waals surface area (Å²) in [6, 6.07) is 15.1. The third-order valence-electron chi connectivity index (χ3n) is 7.44. The molecule has 0 aromatic heterocycles. The van der Waals surface area contributed by atoms with Crippen molar-refractivity contribution in [2.24, 2.45) is 0 Å². The van der Waals surface area contributed by atoms with E-state index in [4.69, 9.17) is 14.2 Å². The molecule has 3 aliphatic rings. The van der Waals surface area contributed by atoms with Crippen LogP contribution < -0.4 is 0 Å². The van der Waals surface area contributed by atoms with Crippen molar-refractivity contribution in [1.82, 2.24) is 14.7 Å². The topological polar surface area (TPSA) is 88.6 Å². The summed E-state index contributed by atoms with van der Waals surface area (Å²) < 4.78 is 16.8. The summed E-state index contributed by atoms with van der Waals surface area (Å²) in [6.07, 6.45) is -0.283. The van der Waals surface area contributed by atoms with E-state index in [0.29, 0.717) is 44.7 Å². The first-order chi connectivity index (χ1) is 18.6. The number of esters is 1. The Kier molecular flexibility index (Phi) is 7.53. The van der Waals surface area contributed by atoms with Crippen molar-refractivity contribution in [1.29, 1.82) is 0 Å². The highest BCUT2D eigenvalue weighted by Crippen LogP contribution is 2.33. The van der Waals surface area contributed by atoms with Crippen LogP contribution >= 0.6 is 0 Å². The van der Waals surface area contributed by atoms with Crippen LogP contribution in [-0.2, 0) is 27.2 Å². The number of piperazine rings is 2. The van der Waals surface area contributed by atoms with E-state index in [0.717, 1.165) is 16.7 Å². The minimum atomic E-state index is -0.645. The number of carbonyl (C=O) groups is 3. The standard InChI is InChI=1S/C30H37N3O6/c1-20-14-23-15-22(10-11-25(23)27(34)38-20)26-18-31-12-13-32(28(35)37-19-21-8-6-5-7-9-21)16-24(31)17-33(26)29(36)39-30(2,3)4/h5-11,15,20,24,26H,12-14,16-19H2,1-4H3/t20-,24+,26+/m1/s1. The molecule has 0 bridgehead atoms. The maximum atomic E-state index is 13.4. The van der Waals surface area contributed by atoms with Gasteiger partial charge >= 0.3 is 18.2 Å². The van der Waals surface area contributed by atoms with Crippen molar-refractivity contribution in [3.63, 3.8) is 0 Å². The Hall–Kier alpha value is -3.59. The maximum absolute atomic E-state index is 13.4. The second-order valence-corrected chi connectivity index (χ2v) is 11.6. The van der Waals surface area contributed by atoms with E-state index in [2.05, 4.69) is 4.90 Å². The number of nitrogens with zero attached hydrogens (tertiary/aromatic N) is 3. The molecule has 2 aromatic carbocycles. The van der Waals surface area contributed by atoms with E-state index < -0.39 is 5.60 Å². The highest BCUT2D eigenvalue weighted by Gasteiger charge is 2.42. The zero-order valence-corrected chi connectivity index (χ0v) is 23.1. The van der Waals surface area contributed by atoms with Crippen LogP contribution in [-0.4, -0.2) is 83.3 Å². The summed E-state index contributed by atoms with van der Waals surface area (Å²) in [4.78, 5) is 44.5. The molecule has 208 valence electrons. The SMILES string of the molecule is C[C@@H]1Cc2cc([C@@H]3CN4CCN(C(=O)OCc5ccccc5)C[C@H]4CN3C(=O)OC(C)(C)C)ccc2C(=O)O1. The van der Waals surface area contributed by atoms with Gasteiger partial charge in [0.1, 0.15) is 18.3 Å². The molecule has 0 spiro atoms. The fourth-order valence-electron chi connectivity index (χ4n) is 5.55. The van der Waals surface area contributed by atoms with Crippen molar-refractivity contribution >= 4 is 18.2 Å². The van der Waals surface area contributed by atoms with Gasteiger partial charge in [-0.1, -0.05) is 42.5 Å². The second-order valence-electron chi connectivity index (χ2n) is 11.6. The van der Waals surface area contributed by atoms with Crippen molar-refractivity contribution in [3.8, 4) is 0 Å². The number of hydrogen-bond acceptors (Lipinski definition) is 7. The first kappa shape index (κ1) is 27.0. The van der Waals surface area contributed by atoms with Gasteiger partial charge < -0.3 is 19.1 Å². The third-order valence-corrected chi connectivity index (χ3v) is 7.44. The normalized spacial score (nSPS) is 23.4. The van der Waals surface area contributed by atoms with Crippen molar-refractivity contribution in [2.45, 2.75) is 64.5 Å². The molecule has 2 amide bonds. The lowest BCUT2D eigenvalue weighted by atomic mass is 9.92. The highest BCUT2D eigenvalue weighted by molar-refractivity contribution is 5.92. The van der Waals surface area contributed by atoms with Gasteiger partial charge in [-0.15, -0.1) is 0 Å². The second kappa shape index (κ2) is 10.9. The summed E-state index contributed by atoms with van der Waals surface area (Å²) in [6.45, 7) is 10.4. The minimum absolute atomic E-state index is 0.0422. The zero-order chi connectivity index (χ0) is 27.7. The van der Waals surface area contributed by atoms with Crippen LogP contribution in [0, 0.1) is 0 Å². The number of ether oxygens (including phenoxy) is 3. The number of rotatable bonds is 3. The molecule has 0 radical (unpaired) electrons. The van der Waals surface area contributed by atoms with Crippen molar-refractivity contribution in [3.05, 3.63) is 70.8 Å². The smallest absolute Gasteiger partial charge is 0.410 e. The fraction of sp³-hybridized carbons (Fsp3) is 0.500. The third kappa shape index (κ3) is 6.19. The zero-order valence-electron chi connectivity index (χ0n) is 23.1. The van der Waals surface area contributed by atoms with Crippen LogP contribution in [0.1, 0.15) is 60.8 Å². The van der Waals surface area contributed by atoms with Gasteiger partial charge in [-0.05, 0) is 50.5 Å². The quantitative estimate of drug-likeness (QED) is 0.425. The Morgan fingerprint density at radius 1 is 1.00 bits per heavy atom. The van der Waals surface area contributed by atoms with Crippen LogP contribution in [0.3, 0.4) is 0 Å². The summed E-state index contributed by atoms with van der Waals surface area (Å²) in [5, 5.41) is 0. The molecule has 3 aliphatic heterocycles. The molecular formula is C30H37N3O6. The molecule has 9 nitrogen and oxygen atoms in total. The molecule has 3 atom stereocenters. The van der Waals surface area contributed by atoms with Gasteiger partial charge in [0.15, 0.2) is 0 Å².